The van der Waals surface area contributed by atoms with Gasteiger partial charge in [-0.05, 0) is 38.1 Å². The van der Waals surface area contributed by atoms with Gasteiger partial charge >= 0.3 is 6.03 Å². The van der Waals surface area contributed by atoms with E-state index in [0.717, 1.165) is 61.6 Å². The molecule has 0 aliphatic carbocycles. The van der Waals surface area contributed by atoms with Gasteiger partial charge in [-0.3, -0.25) is 9.58 Å². The monoisotopic (exact) mass is 342 g/mol. The Morgan fingerprint density at radius 3 is 2.80 bits per heavy atom. The number of anilines is 1. The number of aryl methyl sites for hydroxylation is 2. The molecule has 1 atom stereocenters. The minimum atomic E-state index is -0.0174. The van der Waals surface area contributed by atoms with Gasteiger partial charge in [-0.25, -0.2) is 4.79 Å². The molecule has 1 aromatic carbocycles. The van der Waals surface area contributed by atoms with E-state index in [0.29, 0.717) is 6.04 Å². The Balaban J connectivity index is 1.37. The van der Waals surface area contributed by atoms with E-state index < -0.39 is 0 Å². The highest BCUT2D eigenvalue weighted by Gasteiger charge is 2.27. The van der Waals surface area contributed by atoms with Crippen LogP contribution in [0.15, 0.2) is 18.2 Å². The zero-order chi connectivity index (χ0) is 17.4. The molecule has 134 valence electrons. The number of piperazine rings is 1. The molecule has 0 spiro atoms. The minimum absolute atomic E-state index is 0.0174. The molecular weight excluding hydrogens is 316 g/mol. The summed E-state index contributed by atoms with van der Waals surface area (Å²) in [5.74, 6) is 0. The van der Waals surface area contributed by atoms with Gasteiger partial charge in [0.15, 0.2) is 0 Å². The molecule has 0 bridgehead atoms. The van der Waals surface area contributed by atoms with Crippen LogP contribution < -0.4 is 10.6 Å². The summed E-state index contributed by atoms with van der Waals surface area (Å²) in [7, 11) is 1.94. The third kappa shape index (κ3) is 3.21. The first-order chi connectivity index (χ1) is 12.1. The predicted molar refractivity (Wildman–Crippen MR) is 98.9 cm³/mol. The van der Waals surface area contributed by atoms with Crippen molar-refractivity contribution in [3.05, 3.63) is 23.9 Å². The third-order valence-electron chi connectivity index (χ3n) is 5.53. The van der Waals surface area contributed by atoms with Gasteiger partial charge in [0, 0.05) is 62.6 Å². The lowest BCUT2D eigenvalue weighted by atomic mass is 10.2. The van der Waals surface area contributed by atoms with Crippen molar-refractivity contribution < 1.29 is 4.79 Å². The summed E-state index contributed by atoms with van der Waals surface area (Å²) in [5, 5.41) is 12.0. The van der Waals surface area contributed by atoms with E-state index in [-0.39, 0.29) is 6.03 Å². The van der Waals surface area contributed by atoms with Crippen molar-refractivity contribution in [2.75, 3.05) is 44.6 Å². The topological polar surface area (TPSA) is 65.4 Å². The Morgan fingerprint density at radius 1 is 1.28 bits per heavy atom. The van der Waals surface area contributed by atoms with Crippen molar-refractivity contribution >= 4 is 22.6 Å². The molecule has 1 unspecified atom stereocenters. The number of nitrogens with one attached hydrogen (secondary N) is 2. The van der Waals surface area contributed by atoms with E-state index in [1.165, 1.54) is 6.42 Å². The number of benzene rings is 1. The number of carbonyl (C=O) groups is 1. The number of fused-ring (bicyclic) bond motifs is 1. The Labute approximate surface area is 148 Å². The van der Waals surface area contributed by atoms with E-state index in [1.807, 2.05) is 41.8 Å². The summed E-state index contributed by atoms with van der Waals surface area (Å²) < 4.78 is 1.87. The molecule has 4 rings (SSSR count). The summed E-state index contributed by atoms with van der Waals surface area (Å²) in [6, 6.07) is 6.55. The Kier molecular flexibility index (Phi) is 4.35. The second-order valence-electron chi connectivity index (χ2n) is 7.04. The van der Waals surface area contributed by atoms with Gasteiger partial charge in [-0.2, -0.15) is 5.10 Å². The van der Waals surface area contributed by atoms with Crippen LogP contribution in [0.1, 0.15) is 12.1 Å². The number of rotatable bonds is 2. The van der Waals surface area contributed by atoms with Crippen LogP contribution in [-0.2, 0) is 7.05 Å². The molecule has 3 heterocycles. The molecule has 2 aromatic rings. The van der Waals surface area contributed by atoms with Gasteiger partial charge in [0.05, 0.1) is 5.52 Å². The quantitative estimate of drug-likeness (QED) is 0.866. The van der Waals surface area contributed by atoms with Gasteiger partial charge < -0.3 is 15.5 Å². The van der Waals surface area contributed by atoms with Gasteiger partial charge in [-0.1, -0.05) is 0 Å². The van der Waals surface area contributed by atoms with Gasteiger partial charge in [0.2, 0.25) is 0 Å². The number of carbonyl (C=O) groups excluding carboxylic acids is 1. The first-order valence-electron chi connectivity index (χ1n) is 9.06. The van der Waals surface area contributed by atoms with Crippen LogP contribution in [0.4, 0.5) is 10.5 Å². The van der Waals surface area contributed by atoms with E-state index in [2.05, 4.69) is 20.6 Å². The Morgan fingerprint density at radius 2 is 2.08 bits per heavy atom. The molecule has 2 fully saturated rings. The average molecular weight is 342 g/mol. The van der Waals surface area contributed by atoms with Crippen LogP contribution in [-0.4, -0.2) is 70.9 Å². The smallest absolute Gasteiger partial charge is 0.321 e. The zero-order valence-electron chi connectivity index (χ0n) is 15.0. The average Bonchev–Trinajstić information content (AvgIpc) is 3.24. The maximum atomic E-state index is 12.6. The highest BCUT2D eigenvalue weighted by molar-refractivity contribution is 5.93. The van der Waals surface area contributed by atoms with Crippen LogP contribution in [0.25, 0.3) is 10.9 Å². The van der Waals surface area contributed by atoms with Gasteiger partial charge in [-0.15, -0.1) is 0 Å². The molecule has 7 nitrogen and oxygen atoms in total. The van der Waals surface area contributed by atoms with Gasteiger partial charge in [0.25, 0.3) is 0 Å². The number of nitrogens with zero attached hydrogens (tertiary/aromatic N) is 4. The summed E-state index contributed by atoms with van der Waals surface area (Å²) in [6.07, 6.45) is 1.22. The second-order valence-corrected chi connectivity index (χ2v) is 7.04. The van der Waals surface area contributed by atoms with E-state index in [9.17, 15) is 4.79 Å². The van der Waals surface area contributed by atoms with Crippen molar-refractivity contribution in [3.63, 3.8) is 0 Å². The molecule has 0 radical (unpaired) electrons. The number of urea groups is 1. The molecule has 2 amide bonds. The van der Waals surface area contributed by atoms with Crippen molar-refractivity contribution in [2.45, 2.75) is 19.4 Å². The summed E-state index contributed by atoms with van der Waals surface area (Å²) in [5.41, 5.74) is 2.85. The van der Waals surface area contributed by atoms with E-state index >= 15 is 0 Å². The second kappa shape index (κ2) is 6.65. The maximum Gasteiger partial charge on any atom is 0.321 e. The largest absolute Gasteiger partial charge is 0.322 e. The minimum Gasteiger partial charge on any atom is -0.322 e. The molecule has 7 heteroatoms. The maximum absolute atomic E-state index is 12.6. The molecule has 2 N–H and O–H groups in total. The molecule has 0 saturated carbocycles. The zero-order valence-corrected chi connectivity index (χ0v) is 15.0. The number of amides is 2. The fourth-order valence-corrected chi connectivity index (χ4v) is 3.85. The van der Waals surface area contributed by atoms with Crippen molar-refractivity contribution in [1.82, 2.24) is 24.9 Å². The molecule has 2 aliphatic rings. The first-order valence-corrected chi connectivity index (χ1v) is 9.06. The van der Waals surface area contributed by atoms with Crippen molar-refractivity contribution in [3.8, 4) is 0 Å². The first kappa shape index (κ1) is 16.4. The lowest BCUT2D eigenvalue weighted by Gasteiger charge is -2.37. The van der Waals surface area contributed by atoms with Gasteiger partial charge in [0.1, 0.15) is 0 Å². The fourth-order valence-electron chi connectivity index (χ4n) is 3.85. The van der Waals surface area contributed by atoms with Crippen LogP contribution >= 0.6 is 0 Å². The Bertz CT molecular complexity index is 771. The van der Waals surface area contributed by atoms with Crippen LogP contribution in [0, 0.1) is 6.92 Å². The molecular formula is C18H26N6O. The number of hydrogen-bond donors (Lipinski definition) is 2. The summed E-state index contributed by atoms with van der Waals surface area (Å²) in [4.78, 5) is 17.0. The lowest BCUT2D eigenvalue weighted by Crippen LogP contribution is -2.53. The number of hydrogen-bond acceptors (Lipinski definition) is 4. The third-order valence-corrected chi connectivity index (χ3v) is 5.53. The molecule has 2 saturated heterocycles. The standard InChI is InChI=1S/C18H26N6O/c1-13-16-4-3-14(11-17(16)21-22(13)2)20-18(25)24-9-7-23(8-10-24)15-5-6-19-12-15/h3-4,11,15,19H,5-10,12H2,1-2H3,(H,20,25). The fraction of sp³-hybridized carbons (Fsp3) is 0.556. The normalized spacial score (nSPS) is 21.8. The van der Waals surface area contributed by atoms with Crippen molar-refractivity contribution in [1.29, 1.82) is 0 Å². The van der Waals surface area contributed by atoms with Crippen molar-refractivity contribution in [2.24, 2.45) is 7.05 Å². The molecule has 2 aliphatic heterocycles. The van der Waals surface area contributed by atoms with E-state index in [1.54, 1.807) is 0 Å². The number of aromatic nitrogens is 2. The van der Waals surface area contributed by atoms with E-state index in [4.69, 9.17) is 0 Å². The van der Waals surface area contributed by atoms with Crippen LogP contribution in [0.3, 0.4) is 0 Å². The highest BCUT2D eigenvalue weighted by atomic mass is 16.2. The molecule has 25 heavy (non-hydrogen) atoms. The molecule has 1 aromatic heterocycles. The highest BCUT2D eigenvalue weighted by Crippen LogP contribution is 2.21. The predicted octanol–water partition coefficient (Wildman–Crippen LogP) is 1.39. The SMILES string of the molecule is Cc1c2ccc(NC(=O)N3CCN(C4CCNC4)CC3)cc2nn1C. The summed E-state index contributed by atoms with van der Waals surface area (Å²) in [6.45, 7) is 7.72. The lowest BCUT2D eigenvalue weighted by molar-refractivity contribution is 0.119. The van der Waals surface area contributed by atoms with Crippen LogP contribution in [0.2, 0.25) is 0 Å². The summed E-state index contributed by atoms with van der Waals surface area (Å²) >= 11 is 0. The van der Waals surface area contributed by atoms with Crippen LogP contribution in [0.5, 0.6) is 0 Å². The Hall–Kier alpha value is -2.12.